The molecule has 3 fully saturated rings. The predicted molar refractivity (Wildman–Crippen MR) is 92.5 cm³/mol. The van der Waals surface area contributed by atoms with Gasteiger partial charge in [-0.05, 0) is 31.6 Å². The Kier molecular flexibility index (Phi) is 7.45. The number of hydrogen-bond donors (Lipinski definition) is 1. The summed E-state index contributed by atoms with van der Waals surface area (Å²) in [7, 11) is 0. The first-order chi connectivity index (χ1) is 10.3. The molecule has 0 bridgehead atoms. The minimum Gasteiger partial charge on any atom is -0.340 e. The topological polar surface area (TPSA) is 35.6 Å². The number of amides is 1. The average Bonchev–Trinajstić information content (AvgIpc) is 3.37. The van der Waals surface area contributed by atoms with Crippen molar-refractivity contribution in [3.05, 3.63) is 0 Å². The van der Waals surface area contributed by atoms with Crippen LogP contribution in [0.2, 0.25) is 0 Å². The summed E-state index contributed by atoms with van der Waals surface area (Å²) in [5.74, 6) is 1.30. The lowest BCUT2D eigenvalue weighted by Gasteiger charge is -2.35. The van der Waals surface area contributed by atoms with E-state index in [1.165, 1.54) is 51.5 Å². The highest BCUT2D eigenvalue weighted by atomic mass is 35.5. The van der Waals surface area contributed by atoms with Gasteiger partial charge in [-0.15, -0.1) is 12.4 Å². The minimum absolute atomic E-state index is 0. The van der Waals surface area contributed by atoms with E-state index in [0.29, 0.717) is 5.91 Å². The Balaban J connectivity index is 0.00000176. The van der Waals surface area contributed by atoms with Crippen molar-refractivity contribution in [3.63, 3.8) is 0 Å². The number of carbonyl (C=O) groups excluding carboxylic acids is 1. The van der Waals surface area contributed by atoms with E-state index >= 15 is 0 Å². The van der Waals surface area contributed by atoms with Gasteiger partial charge in [-0.3, -0.25) is 9.69 Å². The van der Waals surface area contributed by atoms with Gasteiger partial charge >= 0.3 is 0 Å². The third-order valence-corrected chi connectivity index (χ3v) is 5.36. The Morgan fingerprint density at radius 2 is 1.73 bits per heavy atom. The number of halogens is 1. The number of carbonyl (C=O) groups is 1. The van der Waals surface area contributed by atoms with E-state index in [1.807, 2.05) is 4.90 Å². The summed E-state index contributed by atoms with van der Waals surface area (Å²) in [5, 5.41) is 3.32. The molecule has 1 aliphatic heterocycles. The fourth-order valence-corrected chi connectivity index (χ4v) is 3.81. The van der Waals surface area contributed by atoms with Crippen LogP contribution in [0.15, 0.2) is 0 Å². The van der Waals surface area contributed by atoms with Gasteiger partial charge in [0.15, 0.2) is 0 Å². The summed E-state index contributed by atoms with van der Waals surface area (Å²) in [6, 6.07) is 0.759. The molecule has 1 N–H and O–H groups in total. The lowest BCUT2D eigenvalue weighted by Crippen LogP contribution is -2.47. The van der Waals surface area contributed by atoms with Gasteiger partial charge in [0.2, 0.25) is 5.91 Å². The normalized spacial score (nSPS) is 23.4. The molecule has 0 unspecified atom stereocenters. The second-order valence-electron chi connectivity index (χ2n) is 7.11. The molecule has 0 aromatic rings. The fraction of sp³-hybridized carbons (Fsp3) is 0.941. The lowest BCUT2D eigenvalue weighted by molar-refractivity contribution is -0.132. The van der Waals surface area contributed by atoms with E-state index < -0.39 is 0 Å². The smallest absolute Gasteiger partial charge is 0.223 e. The molecule has 0 aromatic heterocycles. The second-order valence-corrected chi connectivity index (χ2v) is 7.11. The molecule has 2 saturated carbocycles. The molecular weight excluding hydrogens is 298 g/mol. The minimum atomic E-state index is 0. The van der Waals surface area contributed by atoms with Crippen LogP contribution in [0.25, 0.3) is 0 Å². The molecule has 22 heavy (non-hydrogen) atoms. The summed E-state index contributed by atoms with van der Waals surface area (Å²) < 4.78 is 0. The standard InChI is InChI=1S/C17H31N3O.ClH/c21-17(19-12-9-18-10-13-19)8-11-20(14-15-6-7-15)16-4-2-1-3-5-16;/h15-16,18H,1-14H2;1H. The molecule has 1 amide bonds. The zero-order valence-corrected chi connectivity index (χ0v) is 14.6. The maximum atomic E-state index is 12.4. The number of nitrogens with one attached hydrogen (secondary N) is 1. The number of nitrogens with zero attached hydrogens (tertiary/aromatic N) is 2. The molecule has 2 aliphatic carbocycles. The molecular formula is C17H32ClN3O. The number of rotatable bonds is 6. The quantitative estimate of drug-likeness (QED) is 0.812. The van der Waals surface area contributed by atoms with Gasteiger partial charge in [-0.25, -0.2) is 0 Å². The zero-order valence-electron chi connectivity index (χ0n) is 13.8. The van der Waals surface area contributed by atoms with Crippen LogP contribution < -0.4 is 5.32 Å². The van der Waals surface area contributed by atoms with E-state index in [2.05, 4.69) is 10.2 Å². The third-order valence-electron chi connectivity index (χ3n) is 5.36. The first-order valence-electron chi connectivity index (χ1n) is 9.05. The molecule has 0 spiro atoms. The van der Waals surface area contributed by atoms with Crippen LogP contribution in [0, 0.1) is 5.92 Å². The van der Waals surface area contributed by atoms with Crippen LogP contribution in [0.4, 0.5) is 0 Å². The molecule has 3 aliphatic rings. The largest absolute Gasteiger partial charge is 0.340 e. The molecule has 0 radical (unpaired) electrons. The Morgan fingerprint density at radius 3 is 2.36 bits per heavy atom. The van der Waals surface area contributed by atoms with E-state index in [-0.39, 0.29) is 12.4 Å². The highest BCUT2D eigenvalue weighted by molar-refractivity contribution is 5.85. The van der Waals surface area contributed by atoms with Gasteiger partial charge in [-0.2, -0.15) is 0 Å². The van der Waals surface area contributed by atoms with Gasteiger partial charge in [0.1, 0.15) is 0 Å². The van der Waals surface area contributed by atoms with Crippen LogP contribution in [0.5, 0.6) is 0 Å². The van der Waals surface area contributed by atoms with Crippen LogP contribution >= 0.6 is 12.4 Å². The molecule has 0 aromatic carbocycles. The molecule has 5 heteroatoms. The summed E-state index contributed by atoms with van der Waals surface area (Å²) in [6.45, 7) is 5.94. The Hall–Kier alpha value is -0.320. The molecule has 128 valence electrons. The van der Waals surface area contributed by atoms with Crippen LogP contribution in [-0.4, -0.2) is 61.0 Å². The molecule has 3 rings (SSSR count). The Bertz CT molecular complexity index is 337. The molecule has 4 nitrogen and oxygen atoms in total. The van der Waals surface area contributed by atoms with E-state index in [0.717, 1.165) is 51.1 Å². The van der Waals surface area contributed by atoms with Gasteiger partial charge in [-0.1, -0.05) is 19.3 Å². The third kappa shape index (κ3) is 5.39. The van der Waals surface area contributed by atoms with Crippen LogP contribution in [-0.2, 0) is 4.79 Å². The van der Waals surface area contributed by atoms with Crippen molar-refractivity contribution in [2.75, 3.05) is 39.3 Å². The molecule has 0 atom stereocenters. The summed E-state index contributed by atoms with van der Waals surface area (Å²) in [5.41, 5.74) is 0. The van der Waals surface area contributed by atoms with Crippen molar-refractivity contribution in [1.29, 1.82) is 0 Å². The first-order valence-corrected chi connectivity index (χ1v) is 9.05. The summed E-state index contributed by atoms with van der Waals surface area (Å²) in [4.78, 5) is 17.1. The van der Waals surface area contributed by atoms with Crippen molar-refractivity contribution in [1.82, 2.24) is 15.1 Å². The molecule has 1 heterocycles. The van der Waals surface area contributed by atoms with Crippen molar-refractivity contribution in [2.24, 2.45) is 5.92 Å². The first kappa shape index (κ1) is 18.0. The highest BCUT2D eigenvalue weighted by Gasteiger charge is 2.29. The monoisotopic (exact) mass is 329 g/mol. The SMILES string of the molecule is Cl.O=C(CCN(CC1CC1)C1CCCCC1)N1CCNCC1. The van der Waals surface area contributed by atoms with Gasteiger partial charge in [0.25, 0.3) is 0 Å². The van der Waals surface area contributed by atoms with Gasteiger partial charge in [0, 0.05) is 51.7 Å². The second kappa shape index (κ2) is 9.09. The maximum absolute atomic E-state index is 12.4. The van der Waals surface area contributed by atoms with E-state index in [4.69, 9.17) is 0 Å². The van der Waals surface area contributed by atoms with Crippen LogP contribution in [0.1, 0.15) is 51.4 Å². The lowest BCUT2D eigenvalue weighted by atomic mass is 9.94. The predicted octanol–water partition coefficient (Wildman–Crippen LogP) is 2.27. The van der Waals surface area contributed by atoms with E-state index in [1.54, 1.807) is 0 Å². The van der Waals surface area contributed by atoms with Crippen molar-refractivity contribution in [3.8, 4) is 0 Å². The Labute approximate surface area is 141 Å². The fourth-order valence-electron chi connectivity index (χ4n) is 3.81. The molecule has 1 saturated heterocycles. The zero-order chi connectivity index (χ0) is 14.5. The number of piperazine rings is 1. The van der Waals surface area contributed by atoms with Crippen molar-refractivity contribution < 1.29 is 4.79 Å². The van der Waals surface area contributed by atoms with Crippen molar-refractivity contribution >= 4 is 18.3 Å². The summed E-state index contributed by atoms with van der Waals surface area (Å²) in [6.07, 6.45) is 10.4. The highest BCUT2D eigenvalue weighted by Crippen LogP contribution is 2.32. The number of hydrogen-bond acceptors (Lipinski definition) is 3. The maximum Gasteiger partial charge on any atom is 0.223 e. The van der Waals surface area contributed by atoms with Crippen LogP contribution in [0.3, 0.4) is 0 Å². The van der Waals surface area contributed by atoms with Gasteiger partial charge < -0.3 is 10.2 Å². The van der Waals surface area contributed by atoms with E-state index in [9.17, 15) is 4.79 Å². The Morgan fingerprint density at radius 1 is 1.05 bits per heavy atom. The average molecular weight is 330 g/mol. The van der Waals surface area contributed by atoms with Gasteiger partial charge in [0.05, 0.1) is 0 Å². The van der Waals surface area contributed by atoms with Crippen molar-refractivity contribution in [2.45, 2.75) is 57.4 Å². The summed E-state index contributed by atoms with van der Waals surface area (Å²) >= 11 is 0.